The standard InChI is InChI=1S/C8H12N4/c1-6(2)5-9-8-11-10-7(3)12(8)4/h5H,1H2,2-4H3. The summed E-state index contributed by atoms with van der Waals surface area (Å²) < 4.78 is 1.82. The fourth-order valence-corrected chi connectivity index (χ4v) is 0.676. The summed E-state index contributed by atoms with van der Waals surface area (Å²) in [7, 11) is 1.88. The first kappa shape index (κ1) is 8.64. The number of allylic oxidation sites excluding steroid dienone is 1. The maximum Gasteiger partial charge on any atom is 0.250 e. The van der Waals surface area contributed by atoms with Gasteiger partial charge in [-0.25, -0.2) is 4.99 Å². The Hall–Kier alpha value is -1.45. The first-order valence-electron chi connectivity index (χ1n) is 3.67. The molecule has 0 spiro atoms. The van der Waals surface area contributed by atoms with E-state index >= 15 is 0 Å². The molecule has 0 N–H and O–H groups in total. The van der Waals surface area contributed by atoms with Gasteiger partial charge in [-0.15, -0.1) is 10.2 Å². The normalized spacial score (nSPS) is 10.9. The molecule has 4 nitrogen and oxygen atoms in total. The molecule has 0 fully saturated rings. The second-order valence-corrected chi connectivity index (χ2v) is 2.71. The molecule has 0 aliphatic carbocycles. The van der Waals surface area contributed by atoms with Gasteiger partial charge in [0.05, 0.1) is 0 Å². The van der Waals surface area contributed by atoms with Gasteiger partial charge in [0.15, 0.2) is 0 Å². The lowest BCUT2D eigenvalue weighted by Crippen LogP contribution is -1.90. The van der Waals surface area contributed by atoms with Crippen LogP contribution in [0.2, 0.25) is 0 Å². The number of nitrogens with zero attached hydrogens (tertiary/aromatic N) is 4. The van der Waals surface area contributed by atoms with Gasteiger partial charge in [0.1, 0.15) is 5.82 Å². The summed E-state index contributed by atoms with van der Waals surface area (Å²) in [6, 6.07) is 0. The van der Waals surface area contributed by atoms with Crippen LogP contribution in [0.15, 0.2) is 17.1 Å². The van der Waals surface area contributed by atoms with Gasteiger partial charge in [0.25, 0.3) is 5.95 Å². The Balaban J connectivity index is 2.90. The topological polar surface area (TPSA) is 43.1 Å². The van der Waals surface area contributed by atoms with Crippen LogP contribution < -0.4 is 0 Å². The van der Waals surface area contributed by atoms with Crippen LogP contribution in [0, 0.1) is 6.92 Å². The molecule has 1 aromatic heterocycles. The summed E-state index contributed by atoms with van der Waals surface area (Å²) in [4.78, 5) is 4.09. The van der Waals surface area contributed by atoms with Gasteiger partial charge in [-0.2, -0.15) is 0 Å². The summed E-state index contributed by atoms with van der Waals surface area (Å²) >= 11 is 0. The highest BCUT2D eigenvalue weighted by atomic mass is 15.3. The molecule has 0 unspecified atom stereocenters. The maximum atomic E-state index is 4.09. The zero-order valence-corrected chi connectivity index (χ0v) is 7.57. The van der Waals surface area contributed by atoms with Gasteiger partial charge in [-0.1, -0.05) is 6.58 Å². The third-order valence-electron chi connectivity index (χ3n) is 1.47. The molecule has 0 aliphatic heterocycles. The number of hydrogen-bond donors (Lipinski definition) is 0. The van der Waals surface area contributed by atoms with Crippen LogP contribution in [-0.2, 0) is 7.05 Å². The quantitative estimate of drug-likeness (QED) is 0.620. The molecule has 0 bridgehead atoms. The van der Waals surface area contributed by atoms with E-state index < -0.39 is 0 Å². The van der Waals surface area contributed by atoms with Gasteiger partial charge in [0, 0.05) is 13.3 Å². The Morgan fingerprint density at radius 1 is 1.58 bits per heavy atom. The molecule has 0 radical (unpaired) electrons. The SMILES string of the molecule is C=C(C)C=Nc1nnc(C)n1C. The number of rotatable bonds is 2. The van der Waals surface area contributed by atoms with Crippen LogP contribution in [0.5, 0.6) is 0 Å². The Morgan fingerprint density at radius 3 is 2.67 bits per heavy atom. The zero-order valence-electron chi connectivity index (χ0n) is 7.57. The predicted molar refractivity (Wildman–Crippen MR) is 48.7 cm³/mol. The van der Waals surface area contributed by atoms with Gasteiger partial charge in [-0.3, -0.25) is 4.57 Å². The minimum absolute atomic E-state index is 0.607. The molecule has 0 atom stereocenters. The van der Waals surface area contributed by atoms with E-state index in [0.717, 1.165) is 11.4 Å². The maximum absolute atomic E-state index is 4.09. The van der Waals surface area contributed by atoms with Crippen molar-refractivity contribution in [3.8, 4) is 0 Å². The van der Waals surface area contributed by atoms with Crippen molar-refractivity contribution in [1.29, 1.82) is 0 Å². The van der Waals surface area contributed by atoms with Crippen LogP contribution in [0.3, 0.4) is 0 Å². The van der Waals surface area contributed by atoms with E-state index in [1.807, 2.05) is 25.5 Å². The summed E-state index contributed by atoms with van der Waals surface area (Å²) in [5.41, 5.74) is 0.899. The van der Waals surface area contributed by atoms with Crippen molar-refractivity contribution < 1.29 is 0 Å². The lowest BCUT2D eigenvalue weighted by atomic mass is 10.4. The Bertz CT molecular complexity index is 322. The van der Waals surface area contributed by atoms with Crippen molar-refractivity contribution >= 4 is 12.2 Å². The fourth-order valence-electron chi connectivity index (χ4n) is 0.676. The first-order chi connectivity index (χ1) is 5.61. The van der Waals surface area contributed by atoms with Crippen LogP contribution in [0.4, 0.5) is 5.95 Å². The third kappa shape index (κ3) is 1.78. The molecular formula is C8H12N4. The van der Waals surface area contributed by atoms with E-state index in [2.05, 4.69) is 21.8 Å². The molecule has 1 rings (SSSR count). The molecule has 64 valence electrons. The average molecular weight is 164 g/mol. The third-order valence-corrected chi connectivity index (χ3v) is 1.47. The van der Waals surface area contributed by atoms with Crippen LogP contribution in [0.1, 0.15) is 12.7 Å². The van der Waals surface area contributed by atoms with Crippen molar-refractivity contribution in [1.82, 2.24) is 14.8 Å². The van der Waals surface area contributed by atoms with Crippen molar-refractivity contribution in [3.05, 3.63) is 18.0 Å². The molecule has 1 aromatic rings. The van der Waals surface area contributed by atoms with Gasteiger partial charge in [0.2, 0.25) is 0 Å². The smallest absolute Gasteiger partial charge is 0.250 e. The van der Waals surface area contributed by atoms with E-state index in [0.29, 0.717) is 5.95 Å². The summed E-state index contributed by atoms with van der Waals surface area (Å²) in [5, 5.41) is 7.72. The highest BCUT2D eigenvalue weighted by Gasteiger charge is 2.00. The highest BCUT2D eigenvalue weighted by Crippen LogP contribution is 2.06. The second kappa shape index (κ2) is 3.30. The zero-order chi connectivity index (χ0) is 9.14. The second-order valence-electron chi connectivity index (χ2n) is 2.71. The number of aryl methyl sites for hydroxylation is 1. The Labute approximate surface area is 71.7 Å². The largest absolute Gasteiger partial charge is 0.299 e. The summed E-state index contributed by atoms with van der Waals surface area (Å²) in [6.07, 6.45) is 1.67. The first-order valence-corrected chi connectivity index (χ1v) is 3.67. The molecule has 0 aliphatic rings. The molecule has 12 heavy (non-hydrogen) atoms. The van der Waals surface area contributed by atoms with Crippen LogP contribution in [0.25, 0.3) is 0 Å². The molecule has 0 saturated heterocycles. The predicted octanol–water partition coefficient (Wildman–Crippen LogP) is 1.40. The number of aromatic nitrogens is 3. The Morgan fingerprint density at radius 2 is 2.25 bits per heavy atom. The van der Waals surface area contributed by atoms with Crippen molar-refractivity contribution in [2.45, 2.75) is 13.8 Å². The van der Waals surface area contributed by atoms with E-state index in [9.17, 15) is 0 Å². The van der Waals surface area contributed by atoms with Crippen LogP contribution >= 0.6 is 0 Å². The number of hydrogen-bond acceptors (Lipinski definition) is 3. The van der Waals surface area contributed by atoms with E-state index in [1.54, 1.807) is 6.21 Å². The lowest BCUT2D eigenvalue weighted by Gasteiger charge is -1.93. The molecule has 0 saturated carbocycles. The molecule has 4 heteroatoms. The van der Waals surface area contributed by atoms with Crippen molar-refractivity contribution in [3.63, 3.8) is 0 Å². The lowest BCUT2D eigenvalue weighted by molar-refractivity contribution is 0.859. The van der Waals surface area contributed by atoms with E-state index in [4.69, 9.17) is 0 Å². The minimum atomic E-state index is 0.607. The molecule has 1 heterocycles. The van der Waals surface area contributed by atoms with Gasteiger partial charge < -0.3 is 0 Å². The van der Waals surface area contributed by atoms with Crippen molar-refractivity contribution in [2.75, 3.05) is 0 Å². The molecular weight excluding hydrogens is 152 g/mol. The van der Waals surface area contributed by atoms with Gasteiger partial charge in [-0.05, 0) is 19.4 Å². The highest BCUT2D eigenvalue weighted by molar-refractivity contribution is 5.78. The summed E-state index contributed by atoms with van der Waals surface area (Å²) in [6.45, 7) is 7.46. The minimum Gasteiger partial charge on any atom is -0.299 e. The number of aliphatic imine (C=N–C) groups is 1. The van der Waals surface area contributed by atoms with Crippen LogP contribution in [-0.4, -0.2) is 21.0 Å². The van der Waals surface area contributed by atoms with Crippen molar-refractivity contribution in [2.24, 2.45) is 12.0 Å². The van der Waals surface area contributed by atoms with Gasteiger partial charge >= 0.3 is 0 Å². The summed E-state index contributed by atoms with van der Waals surface area (Å²) in [5.74, 6) is 1.46. The van der Waals surface area contributed by atoms with E-state index in [1.165, 1.54) is 0 Å². The molecule has 0 amide bonds. The molecule has 0 aromatic carbocycles. The van der Waals surface area contributed by atoms with E-state index in [-0.39, 0.29) is 0 Å². The average Bonchev–Trinajstić information content (AvgIpc) is 2.30. The Kier molecular flexibility index (Phi) is 2.38. The monoisotopic (exact) mass is 164 g/mol. The fraction of sp³-hybridized carbons (Fsp3) is 0.375.